The quantitative estimate of drug-likeness (QED) is 0.201. The van der Waals surface area contributed by atoms with Crippen LogP contribution in [-0.4, -0.2) is 40.0 Å². The molecule has 0 spiro atoms. The van der Waals surface area contributed by atoms with E-state index in [9.17, 15) is 0 Å². The zero-order valence-corrected chi connectivity index (χ0v) is 15.1. The predicted molar refractivity (Wildman–Crippen MR) is 49.4 cm³/mol. The number of rotatable bonds is 0. The number of hydrogen-bond donors (Lipinski definition) is 0. The first kappa shape index (κ1) is 29.2. The van der Waals surface area contributed by atoms with Crippen molar-refractivity contribution in [1.29, 1.82) is 0 Å². The Hall–Kier alpha value is 2.81. The summed E-state index contributed by atoms with van der Waals surface area (Å²) in [4.78, 5) is 0. The average Bonchev–Trinajstić information content (AvgIpc) is 1.25. The molecule has 0 nitrogen and oxygen atoms in total. The van der Waals surface area contributed by atoms with Gasteiger partial charge in [0, 0.05) is 0 Å². The van der Waals surface area contributed by atoms with E-state index in [0.29, 0.717) is 15.8 Å². The third-order valence-electron chi connectivity index (χ3n) is 0. The van der Waals surface area contributed by atoms with Crippen molar-refractivity contribution in [2.24, 2.45) is 0 Å². The molecule has 0 saturated heterocycles. The van der Waals surface area contributed by atoms with Crippen molar-refractivity contribution in [3.63, 3.8) is 0 Å². The first-order chi connectivity index (χ1) is 3.46. The molecule has 0 unspecified atom stereocenters. The predicted octanol–water partition coefficient (Wildman–Crippen LogP) is -3.28. The summed E-state index contributed by atoms with van der Waals surface area (Å²) < 4.78 is 0. The Morgan fingerprint density at radius 1 is 0.545 bits per heavy atom. The molecule has 0 bridgehead atoms. The van der Waals surface area contributed by atoms with Gasteiger partial charge in [0.05, 0.1) is 0 Å². The maximum atomic E-state index is 2.23. The second kappa shape index (κ2) is 23.0. The van der Waals surface area contributed by atoms with Crippen LogP contribution in [0.15, 0.2) is 0 Å². The zero-order chi connectivity index (χ0) is 7.15. The average molecular weight is 465 g/mol. The Bertz CT molecular complexity index is 34.1. The van der Waals surface area contributed by atoms with Crippen molar-refractivity contribution in [1.82, 2.24) is 0 Å². The van der Waals surface area contributed by atoms with E-state index in [1.807, 2.05) is 0 Å². The Kier molecular flexibility index (Phi) is 61.1. The summed E-state index contributed by atoms with van der Waals surface area (Å²) in [5, 5.41) is 0. The molecule has 0 N–H and O–H groups in total. The van der Waals surface area contributed by atoms with Gasteiger partial charge < -0.3 is 48.0 Å². The van der Waals surface area contributed by atoms with Gasteiger partial charge in [0.15, 0.2) is 0 Å². The molecule has 0 aromatic rings. The van der Waals surface area contributed by atoms with Crippen molar-refractivity contribution in [3.8, 4) is 0 Å². The standard InChI is InChI=1S/2C3H9P.2HI.Ni/c2*1-4(2)3;;;/h2*1-3H3;2*1H;/q;;;;+2/p-2. The van der Waals surface area contributed by atoms with E-state index < -0.39 is 0 Å². The summed E-state index contributed by atoms with van der Waals surface area (Å²) in [6.07, 6.45) is 0. The van der Waals surface area contributed by atoms with Gasteiger partial charge in [-0.05, 0) is 40.0 Å². The molecule has 0 aliphatic rings. The van der Waals surface area contributed by atoms with Crippen molar-refractivity contribution in [2.75, 3.05) is 40.0 Å². The summed E-state index contributed by atoms with van der Waals surface area (Å²) >= 11 is 0. The van der Waals surface area contributed by atoms with Gasteiger partial charge in [-0.2, -0.15) is 0 Å². The van der Waals surface area contributed by atoms with Gasteiger partial charge in [-0.1, -0.05) is 0 Å². The topological polar surface area (TPSA) is 0 Å². The van der Waals surface area contributed by atoms with E-state index in [2.05, 4.69) is 40.0 Å². The molecule has 0 aromatic heterocycles. The van der Waals surface area contributed by atoms with Gasteiger partial charge in [-0.25, -0.2) is 0 Å². The summed E-state index contributed by atoms with van der Waals surface area (Å²) in [5.74, 6) is 0. The third kappa shape index (κ3) is 189. The second-order valence-electron chi connectivity index (χ2n) is 2.68. The monoisotopic (exact) mass is 464 g/mol. The van der Waals surface area contributed by atoms with Gasteiger partial charge in [0.25, 0.3) is 0 Å². The van der Waals surface area contributed by atoms with E-state index in [-0.39, 0.29) is 64.4 Å². The largest absolute Gasteiger partial charge is 2.00 e. The molecule has 0 heterocycles. The van der Waals surface area contributed by atoms with E-state index in [1.54, 1.807) is 0 Å². The molecule has 0 aromatic carbocycles. The van der Waals surface area contributed by atoms with Crippen molar-refractivity contribution in [2.45, 2.75) is 0 Å². The van der Waals surface area contributed by atoms with Crippen LogP contribution in [0.2, 0.25) is 0 Å². The normalized spacial score (nSPS) is 6.55. The summed E-state index contributed by atoms with van der Waals surface area (Å²) in [6.45, 7) is 13.4. The molecule has 0 saturated carbocycles. The van der Waals surface area contributed by atoms with E-state index >= 15 is 0 Å². The molecular formula is C6H18I2NiP2. The Morgan fingerprint density at radius 2 is 0.545 bits per heavy atom. The minimum atomic E-state index is 0. The van der Waals surface area contributed by atoms with Gasteiger partial charge in [0.2, 0.25) is 0 Å². The fourth-order valence-corrected chi connectivity index (χ4v) is 0. The van der Waals surface area contributed by atoms with Crippen LogP contribution >= 0.6 is 15.8 Å². The SMILES string of the molecule is CP(C)C.CP(C)C.[I-].[I-].[Ni+2]. The van der Waals surface area contributed by atoms with Gasteiger partial charge in [-0.15, -0.1) is 15.8 Å². The molecule has 0 aliphatic heterocycles. The molecule has 0 fully saturated rings. The van der Waals surface area contributed by atoms with Crippen molar-refractivity contribution >= 4 is 15.8 Å². The second-order valence-corrected chi connectivity index (χ2v) is 8.05. The molecule has 0 radical (unpaired) electrons. The first-order valence-electron chi connectivity index (χ1n) is 2.68. The van der Waals surface area contributed by atoms with Crippen LogP contribution in [-0.2, 0) is 16.5 Å². The Morgan fingerprint density at radius 3 is 0.545 bits per heavy atom. The van der Waals surface area contributed by atoms with Crippen LogP contribution in [0.1, 0.15) is 0 Å². The minimum Gasteiger partial charge on any atom is -1.00 e. The van der Waals surface area contributed by atoms with E-state index in [4.69, 9.17) is 0 Å². The van der Waals surface area contributed by atoms with Gasteiger partial charge in [0.1, 0.15) is 0 Å². The van der Waals surface area contributed by atoms with Crippen LogP contribution in [0.3, 0.4) is 0 Å². The molecular weight excluding hydrogens is 447 g/mol. The fraction of sp³-hybridized carbons (Fsp3) is 1.00. The summed E-state index contributed by atoms with van der Waals surface area (Å²) in [5.41, 5.74) is 0. The molecule has 0 rings (SSSR count). The summed E-state index contributed by atoms with van der Waals surface area (Å²) in [6, 6.07) is 0. The molecule has 0 amide bonds. The molecule has 76 valence electrons. The van der Waals surface area contributed by atoms with E-state index in [1.165, 1.54) is 0 Å². The smallest absolute Gasteiger partial charge is 1.00 e. The molecule has 0 aliphatic carbocycles. The Labute approximate surface area is 119 Å². The van der Waals surface area contributed by atoms with Gasteiger partial charge in [-0.3, -0.25) is 0 Å². The molecule has 11 heavy (non-hydrogen) atoms. The van der Waals surface area contributed by atoms with Crippen LogP contribution in [0, 0.1) is 0 Å². The number of hydrogen-bond acceptors (Lipinski definition) is 0. The van der Waals surface area contributed by atoms with Crippen LogP contribution in [0.5, 0.6) is 0 Å². The van der Waals surface area contributed by atoms with Crippen LogP contribution < -0.4 is 48.0 Å². The van der Waals surface area contributed by atoms with Crippen molar-refractivity contribution in [3.05, 3.63) is 0 Å². The molecule has 0 atom stereocenters. The number of halogens is 2. The fourth-order valence-electron chi connectivity index (χ4n) is 0. The third-order valence-corrected chi connectivity index (χ3v) is 0. The van der Waals surface area contributed by atoms with Crippen molar-refractivity contribution < 1.29 is 64.4 Å². The zero-order valence-electron chi connectivity index (χ0n) is 7.97. The summed E-state index contributed by atoms with van der Waals surface area (Å²) in [7, 11) is 0.759. The van der Waals surface area contributed by atoms with Crippen LogP contribution in [0.4, 0.5) is 0 Å². The van der Waals surface area contributed by atoms with Crippen LogP contribution in [0.25, 0.3) is 0 Å². The minimum absolute atomic E-state index is 0. The maximum absolute atomic E-state index is 2.23. The van der Waals surface area contributed by atoms with E-state index in [0.717, 1.165) is 0 Å². The molecule has 5 heteroatoms. The van der Waals surface area contributed by atoms with Gasteiger partial charge >= 0.3 is 16.5 Å². The first-order valence-corrected chi connectivity index (χ1v) is 8.05. The maximum Gasteiger partial charge on any atom is 2.00 e. The Balaban J connectivity index is -0.0000000171.